The summed E-state index contributed by atoms with van der Waals surface area (Å²) < 4.78 is 1.63. The Kier molecular flexibility index (Phi) is 3.89. The van der Waals surface area contributed by atoms with Crippen molar-refractivity contribution in [3.8, 4) is 5.82 Å². The first-order valence-corrected chi connectivity index (χ1v) is 8.12. The second kappa shape index (κ2) is 6.36. The van der Waals surface area contributed by atoms with Crippen LogP contribution in [0, 0.1) is 13.8 Å². The number of aryl methyl sites for hydroxylation is 2. The molecule has 3 aromatic heterocycles. The maximum absolute atomic E-state index is 12.4. The first-order valence-electron chi connectivity index (χ1n) is 8.12. The molecule has 1 amide bonds. The fourth-order valence-corrected chi connectivity index (χ4v) is 2.80. The van der Waals surface area contributed by atoms with Crippen molar-refractivity contribution in [1.29, 1.82) is 0 Å². The molecule has 0 spiro atoms. The van der Waals surface area contributed by atoms with Gasteiger partial charge in [0.05, 0.1) is 17.4 Å². The highest BCUT2D eigenvalue weighted by Crippen LogP contribution is 2.22. The number of carbonyl (C=O) groups is 1. The van der Waals surface area contributed by atoms with Crippen molar-refractivity contribution in [1.82, 2.24) is 24.7 Å². The van der Waals surface area contributed by atoms with E-state index in [1.165, 1.54) is 18.6 Å². The van der Waals surface area contributed by atoms with Crippen LogP contribution in [0.1, 0.15) is 21.7 Å². The molecule has 3 heterocycles. The van der Waals surface area contributed by atoms with Crippen molar-refractivity contribution in [2.45, 2.75) is 13.8 Å². The molecule has 128 valence electrons. The number of carbonyl (C=O) groups excluding carboxylic acids is 1. The van der Waals surface area contributed by atoms with Crippen LogP contribution < -0.4 is 5.32 Å². The van der Waals surface area contributed by atoms with Crippen LogP contribution in [0.3, 0.4) is 0 Å². The van der Waals surface area contributed by atoms with Gasteiger partial charge in [0.2, 0.25) is 0 Å². The second-order valence-corrected chi connectivity index (χ2v) is 5.94. The molecule has 0 saturated carbocycles. The van der Waals surface area contributed by atoms with E-state index in [1.807, 2.05) is 44.2 Å². The standard InChI is InChI=1S/C19H16N6O/c1-12-9-17(22-15-6-4-3-5-14(12)15)25-18(10-13(2)24-25)23-19(26)16-11-20-7-8-21-16/h3-11H,1-2H3,(H,23,26). The lowest BCUT2D eigenvalue weighted by Crippen LogP contribution is -2.17. The Hall–Kier alpha value is -3.61. The highest BCUT2D eigenvalue weighted by Gasteiger charge is 2.15. The summed E-state index contributed by atoms with van der Waals surface area (Å²) in [6, 6.07) is 11.7. The Morgan fingerprint density at radius 2 is 1.96 bits per heavy atom. The van der Waals surface area contributed by atoms with Crippen LogP contribution in [0.2, 0.25) is 0 Å². The maximum atomic E-state index is 12.4. The summed E-state index contributed by atoms with van der Waals surface area (Å²) >= 11 is 0. The topological polar surface area (TPSA) is 85.6 Å². The number of benzene rings is 1. The lowest BCUT2D eigenvalue weighted by molar-refractivity contribution is 0.102. The number of amides is 1. The number of rotatable bonds is 3. The second-order valence-electron chi connectivity index (χ2n) is 5.94. The Morgan fingerprint density at radius 3 is 2.77 bits per heavy atom. The van der Waals surface area contributed by atoms with Crippen molar-refractivity contribution < 1.29 is 4.79 Å². The summed E-state index contributed by atoms with van der Waals surface area (Å²) in [4.78, 5) is 25.0. The minimum absolute atomic E-state index is 0.237. The molecule has 0 aliphatic rings. The van der Waals surface area contributed by atoms with Crippen molar-refractivity contribution in [3.63, 3.8) is 0 Å². The molecule has 4 rings (SSSR count). The van der Waals surface area contributed by atoms with Gasteiger partial charge < -0.3 is 5.32 Å². The molecular weight excluding hydrogens is 328 g/mol. The summed E-state index contributed by atoms with van der Waals surface area (Å²) in [6.45, 7) is 3.89. The number of nitrogens with one attached hydrogen (secondary N) is 1. The Morgan fingerprint density at radius 1 is 1.12 bits per heavy atom. The molecule has 0 bridgehead atoms. The summed E-state index contributed by atoms with van der Waals surface area (Å²) in [5.41, 5.74) is 2.97. The van der Waals surface area contributed by atoms with E-state index in [0.717, 1.165) is 22.2 Å². The Balaban J connectivity index is 1.75. The summed E-state index contributed by atoms with van der Waals surface area (Å²) in [6.07, 6.45) is 4.42. The van der Waals surface area contributed by atoms with E-state index in [-0.39, 0.29) is 11.6 Å². The minimum Gasteiger partial charge on any atom is -0.305 e. The number of nitrogens with zero attached hydrogens (tertiary/aromatic N) is 5. The molecule has 1 N–H and O–H groups in total. The fourth-order valence-electron chi connectivity index (χ4n) is 2.80. The molecule has 0 aliphatic carbocycles. The summed E-state index contributed by atoms with van der Waals surface area (Å²) in [7, 11) is 0. The molecule has 1 aromatic carbocycles. The van der Waals surface area contributed by atoms with Gasteiger partial charge in [0.15, 0.2) is 5.82 Å². The largest absolute Gasteiger partial charge is 0.305 e. The molecule has 0 atom stereocenters. The maximum Gasteiger partial charge on any atom is 0.277 e. The zero-order valence-electron chi connectivity index (χ0n) is 14.3. The van der Waals surface area contributed by atoms with Gasteiger partial charge in [-0.2, -0.15) is 9.78 Å². The zero-order valence-corrected chi connectivity index (χ0v) is 14.3. The van der Waals surface area contributed by atoms with Crippen LogP contribution in [-0.4, -0.2) is 30.6 Å². The van der Waals surface area contributed by atoms with E-state index >= 15 is 0 Å². The molecule has 7 heteroatoms. The summed E-state index contributed by atoms with van der Waals surface area (Å²) in [5.74, 6) is 0.820. The van der Waals surface area contributed by atoms with Crippen molar-refractivity contribution in [2.75, 3.05) is 5.32 Å². The molecule has 0 saturated heterocycles. The van der Waals surface area contributed by atoms with Crippen LogP contribution in [0.25, 0.3) is 16.7 Å². The fraction of sp³-hybridized carbons (Fsp3) is 0.105. The van der Waals surface area contributed by atoms with Crippen LogP contribution in [0.4, 0.5) is 5.82 Å². The van der Waals surface area contributed by atoms with Crippen molar-refractivity contribution >= 4 is 22.6 Å². The number of pyridine rings is 1. The van der Waals surface area contributed by atoms with Gasteiger partial charge in [0.1, 0.15) is 11.5 Å². The van der Waals surface area contributed by atoms with E-state index in [0.29, 0.717) is 11.6 Å². The number of aromatic nitrogens is 5. The van der Waals surface area contributed by atoms with Crippen molar-refractivity contribution in [3.05, 3.63) is 71.9 Å². The van der Waals surface area contributed by atoms with E-state index in [1.54, 1.807) is 10.7 Å². The molecule has 0 fully saturated rings. The molecule has 26 heavy (non-hydrogen) atoms. The van der Waals surface area contributed by atoms with Crippen LogP contribution in [-0.2, 0) is 0 Å². The van der Waals surface area contributed by atoms with E-state index in [9.17, 15) is 4.79 Å². The molecule has 4 aromatic rings. The third kappa shape index (κ3) is 2.90. The van der Waals surface area contributed by atoms with E-state index < -0.39 is 0 Å². The van der Waals surface area contributed by atoms with Crippen LogP contribution in [0.5, 0.6) is 0 Å². The first kappa shape index (κ1) is 15.9. The van der Waals surface area contributed by atoms with Gasteiger partial charge in [-0.25, -0.2) is 9.97 Å². The zero-order chi connectivity index (χ0) is 18.1. The van der Waals surface area contributed by atoms with Gasteiger partial charge in [-0.15, -0.1) is 0 Å². The third-order valence-corrected chi connectivity index (χ3v) is 4.00. The van der Waals surface area contributed by atoms with E-state index in [4.69, 9.17) is 0 Å². The molecular formula is C19H16N6O. The van der Waals surface area contributed by atoms with Crippen LogP contribution >= 0.6 is 0 Å². The number of fused-ring (bicyclic) bond motifs is 1. The number of hydrogen-bond donors (Lipinski definition) is 1. The molecule has 0 aliphatic heterocycles. The third-order valence-electron chi connectivity index (χ3n) is 4.00. The van der Waals surface area contributed by atoms with Gasteiger partial charge in [0.25, 0.3) is 5.91 Å². The lowest BCUT2D eigenvalue weighted by Gasteiger charge is -2.10. The highest BCUT2D eigenvalue weighted by molar-refractivity contribution is 6.02. The number of para-hydroxylation sites is 1. The van der Waals surface area contributed by atoms with Crippen molar-refractivity contribution in [2.24, 2.45) is 0 Å². The van der Waals surface area contributed by atoms with Gasteiger partial charge in [-0.3, -0.25) is 9.78 Å². The molecule has 7 nitrogen and oxygen atoms in total. The monoisotopic (exact) mass is 344 g/mol. The van der Waals surface area contributed by atoms with Gasteiger partial charge >= 0.3 is 0 Å². The minimum atomic E-state index is -0.350. The molecule has 0 radical (unpaired) electrons. The SMILES string of the molecule is Cc1cc(NC(=O)c2cnccn2)n(-c2cc(C)c3ccccc3n2)n1. The summed E-state index contributed by atoms with van der Waals surface area (Å²) in [5, 5.41) is 8.40. The quantitative estimate of drug-likeness (QED) is 0.617. The Bertz CT molecular complexity index is 1100. The average molecular weight is 344 g/mol. The highest BCUT2D eigenvalue weighted by atomic mass is 16.2. The number of hydrogen-bond acceptors (Lipinski definition) is 5. The predicted octanol–water partition coefficient (Wildman–Crippen LogP) is 3.08. The average Bonchev–Trinajstić information content (AvgIpc) is 3.02. The van der Waals surface area contributed by atoms with Gasteiger partial charge in [0, 0.05) is 23.8 Å². The first-order chi connectivity index (χ1) is 12.6. The Labute approximate surface area is 149 Å². The molecule has 0 unspecified atom stereocenters. The normalized spacial score (nSPS) is 10.8. The lowest BCUT2D eigenvalue weighted by atomic mass is 10.1. The van der Waals surface area contributed by atoms with E-state index in [2.05, 4.69) is 25.4 Å². The van der Waals surface area contributed by atoms with Gasteiger partial charge in [-0.1, -0.05) is 18.2 Å². The number of anilines is 1. The smallest absolute Gasteiger partial charge is 0.277 e. The van der Waals surface area contributed by atoms with Crippen LogP contribution in [0.15, 0.2) is 55.0 Å². The van der Waals surface area contributed by atoms with Gasteiger partial charge in [-0.05, 0) is 31.5 Å². The predicted molar refractivity (Wildman–Crippen MR) is 98.3 cm³/mol.